The van der Waals surface area contributed by atoms with E-state index in [1.807, 2.05) is 24.4 Å². The van der Waals surface area contributed by atoms with Crippen LogP contribution in [0.2, 0.25) is 5.02 Å². The summed E-state index contributed by atoms with van der Waals surface area (Å²) in [5.74, 6) is 0.554. The number of hydrogen-bond acceptors (Lipinski definition) is 5. The first kappa shape index (κ1) is 13.8. The molecule has 0 aliphatic carbocycles. The van der Waals surface area contributed by atoms with E-state index in [1.54, 1.807) is 23.6 Å². The summed E-state index contributed by atoms with van der Waals surface area (Å²) in [6.07, 6.45) is 1.61. The third-order valence-electron chi connectivity index (χ3n) is 2.75. The van der Waals surface area contributed by atoms with Gasteiger partial charge in [0.2, 0.25) is 0 Å². The SMILES string of the molecule is Cc1ncsc1CN(C)c1nccc(C(=N)N)c1Cl. The van der Waals surface area contributed by atoms with Crippen molar-refractivity contribution < 1.29 is 0 Å². The number of halogens is 1. The Hall–Kier alpha value is -1.66. The lowest BCUT2D eigenvalue weighted by molar-refractivity contribution is 0.901. The molecule has 0 aliphatic heterocycles. The molecule has 5 nitrogen and oxygen atoms in total. The van der Waals surface area contributed by atoms with Crippen molar-refractivity contribution in [2.24, 2.45) is 5.73 Å². The Bertz CT molecular complexity index is 610. The topological polar surface area (TPSA) is 78.9 Å². The van der Waals surface area contributed by atoms with E-state index in [4.69, 9.17) is 22.7 Å². The zero-order chi connectivity index (χ0) is 14.0. The third-order valence-corrected chi connectivity index (χ3v) is 4.04. The van der Waals surface area contributed by atoms with Gasteiger partial charge in [0.15, 0.2) is 0 Å². The number of aryl methyl sites for hydroxylation is 1. The van der Waals surface area contributed by atoms with Crippen LogP contribution in [0.4, 0.5) is 5.82 Å². The first-order valence-corrected chi connectivity index (χ1v) is 6.85. The van der Waals surface area contributed by atoms with Gasteiger partial charge < -0.3 is 10.6 Å². The van der Waals surface area contributed by atoms with Crippen molar-refractivity contribution in [1.29, 1.82) is 5.41 Å². The molecule has 0 fully saturated rings. The highest BCUT2D eigenvalue weighted by molar-refractivity contribution is 7.09. The van der Waals surface area contributed by atoms with Crippen LogP contribution >= 0.6 is 22.9 Å². The summed E-state index contributed by atoms with van der Waals surface area (Å²) >= 11 is 7.84. The van der Waals surface area contributed by atoms with E-state index in [9.17, 15) is 0 Å². The van der Waals surface area contributed by atoms with Gasteiger partial charge in [0.1, 0.15) is 11.7 Å². The maximum absolute atomic E-state index is 7.48. The van der Waals surface area contributed by atoms with Gasteiger partial charge in [-0.25, -0.2) is 9.97 Å². The van der Waals surface area contributed by atoms with Gasteiger partial charge in [-0.15, -0.1) is 11.3 Å². The second-order valence-electron chi connectivity index (χ2n) is 4.13. The van der Waals surface area contributed by atoms with Crippen molar-refractivity contribution in [2.45, 2.75) is 13.5 Å². The standard InChI is InChI=1S/C12H14ClN5S/c1-7-9(19-6-17-7)5-18(2)12-10(13)8(11(14)15)3-4-16-12/h3-4,6H,5H2,1-2H3,(H3,14,15). The number of amidine groups is 1. The average molecular weight is 296 g/mol. The predicted molar refractivity (Wildman–Crippen MR) is 79.2 cm³/mol. The van der Waals surface area contributed by atoms with Gasteiger partial charge in [-0.2, -0.15) is 0 Å². The quantitative estimate of drug-likeness (QED) is 0.671. The van der Waals surface area contributed by atoms with Crippen molar-refractivity contribution in [3.05, 3.63) is 38.9 Å². The largest absolute Gasteiger partial charge is 0.384 e. The number of rotatable bonds is 4. The van der Waals surface area contributed by atoms with Crippen LogP contribution in [-0.2, 0) is 6.54 Å². The van der Waals surface area contributed by atoms with Crippen LogP contribution in [0, 0.1) is 12.3 Å². The van der Waals surface area contributed by atoms with Gasteiger partial charge in [0.05, 0.1) is 22.8 Å². The lowest BCUT2D eigenvalue weighted by atomic mass is 10.2. The number of thiazole rings is 1. The number of nitrogens with two attached hydrogens (primary N) is 1. The summed E-state index contributed by atoms with van der Waals surface area (Å²) in [5, 5.41) is 7.89. The third kappa shape index (κ3) is 2.85. The fourth-order valence-electron chi connectivity index (χ4n) is 1.68. The lowest BCUT2D eigenvalue weighted by Crippen LogP contribution is -2.20. The Balaban J connectivity index is 2.29. The summed E-state index contributed by atoms with van der Waals surface area (Å²) in [6.45, 7) is 2.64. The molecule has 0 saturated carbocycles. The summed E-state index contributed by atoms with van der Waals surface area (Å²) in [6, 6.07) is 1.64. The Morgan fingerprint density at radius 2 is 2.26 bits per heavy atom. The Morgan fingerprint density at radius 1 is 1.53 bits per heavy atom. The number of pyridine rings is 1. The second kappa shape index (κ2) is 5.54. The molecule has 0 atom stereocenters. The number of nitrogens with one attached hydrogen (secondary N) is 1. The van der Waals surface area contributed by atoms with Gasteiger partial charge in [-0.1, -0.05) is 11.6 Å². The number of nitrogen functional groups attached to an aromatic ring is 1. The molecule has 3 N–H and O–H groups in total. The smallest absolute Gasteiger partial charge is 0.148 e. The van der Waals surface area contributed by atoms with Gasteiger partial charge in [-0.3, -0.25) is 5.41 Å². The molecule has 0 bridgehead atoms. The van der Waals surface area contributed by atoms with Crippen LogP contribution < -0.4 is 10.6 Å². The molecular weight excluding hydrogens is 282 g/mol. The van der Waals surface area contributed by atoms with Gasteiger partial charge in [0.25, 0.3) is 0 Å². The fraction of sp³-hybridized carbons (Fsp3) is 0.250. The first-order valence-electron chi connectivity index (χ1n) is 5.59. The number of aromatic nitrogens is 2. The highest BCUT2D eigenvalue weighted by Gasteiger charge is 2.14. The molecule has 0 saturated heterocycles. The monoisotopic (exact) mass is 295 g/mol. The van der Waals surface area contributed by atoms with Gasteiger partial charge in [0, 0.05) is 23.7 Å². The highest BCUT2D eigenvalue weighted by atomic mass is 35.5. The summed E-state index contributed by atoms with van der Waals surface area (Å²) in [5.41, 5.74) is 8.82. The zero-order valence-corrected chi connectivity index (χ0v) is 12.2. The molecule has 2 rings (SSSR count). The van der Waals surface area contributed by atoms with Gasteiger partial charge in [-0.05, 0) is 13.0 Å². The number of hydrogen-bond donors (Lipinski definition) is 2. The van der Waals surface area contributed by atoms with Crippen molar-refractivity contribution in [2.75, 3.05) is 11.9 Å². The molecule has 0 aliphatic rings. The molecule has 7 heteroatoms. The second-order valence-corrected chi connectivity index (χ2v) is 5.44. The van der Waals surface area contributed by atoms with Crippen molar-refractivity contribution >= 4 is 34.6 Å². The van der Waals surface area contributed by atoms with E-state index in [-0.39, 0.29) is 5.84 Å². The maximum Gasteiger partial charge on any atom is 0.148 e. The van der Waals surface area contributed by atoms with Crippen LogP contribution in [0.1, 0.15) is 16.1 Å². The molecular formula is C12H14ClN5S. The van der Waals surface area contributed by atoms with Crippen LogP contribution in [0.3, 0.4) is 0 Å². The molecule has 0 unspecified atom stereocenters. The molecule has 2 aromatic heterocycles. The number of anilines is 1. The van der Waals surface area contributed by atoms with E-state index in [1.165, 1.54) is 0 Å². The summed E-state index contributed by atoms with van der Waals surface area (Å²) in [7, 11) is 1.90. The van der Waals surface area contributed by atoms with Crippen LogP contribution in [0.25, 0.3) is 0 Å². The van der Waals surface area contributed by atoms with Crippen molar-refractivity contribution in [3.63, 3.8) is 0 Å². The molecule has 2 heterocycles. The van der Waals surface area contributed by atoms with E-state index < -0.39 is 0 Å². The fourth-order valence-corrected chi connectivity index (χ4v) is 2.86. The Morgan fingerprint density at radius 3 is 2.84 bits per heavy atom. The predicted octanol–water partition coefficient (Wildman–Crippen LogP) is 2.42. The van der Waals surface area contributed by atoms with E-state index in [0.717, 1.165) is 10.6 Å². The van der Waals surface area contributed by atoms with Crippen LogP contribution in [-0.4, -0.2) is 22.9 Å². The van der Waals surface area contributed by atoms with E-state index in [2.05, 4.69) is 9.97 Å². The zero-order valence-electron chi connectivity index (χ0n) is 10.6. The normalized spacial score (nSPS) is 10.5. The minimum Gasteiger partial charge on any atom is -0.384 e. The van der Waals surface area contributed by atoms with Gasteiger partial charge >= 0.3 is 0 Å². The molecule has 19 heavy (non-hydrogen) atoms. The molecule has 100 valence electrons. The Labute approximate surface area is 120 Å². The highest BCUT2D eigenvalue weighted by Crippen LogP contribution is 2.27. The molecule has 2 aromatic rings. The summed E-state index contributed by atoms with van der Waals surface area (Å²) < 4.78 is 0. The lowest BCUT2D eigenvalue weighted by Gasteiger charge is -2.19. The minimum atomic E-state index is -0.0592. The molecule has 0 spiro atoms. The molecule has 0 aromatic carbocycles. The van der Waals surface area contributed by atoms with Crippen molar-refractivity contribution in [3.8, 4) is 0 Å². The van der Waals surface area contributed by atoms with Crippen LogP contribution in [0.5, 0.6) is 0 Å². The molecule has 0 amide bonds. The van der Waals surface area contributed by atoms with E-state index in [0.29, 0.717) is 22.9 Å². The molecule has 0 radical (unpaired) electrons. The van der Waals surface area contributed by atoms with Crippen LogP contribution in [0.15, 0.2) is 17.8 Å². The van der Waals surface area contributed by atoms with Crippen molar-refractivity contribution in [1.82, 2.24) is 9.97 Å². The number of nitrogens with zero attached hydrogens (tertiary/aromatic N) is 3. The van der Waals surface area contributed by atoms with E-state index >= 15 is 0 Å². The minimum absolute atomic E-state index is 0.0592. The Kier molecular flexibility index (Phi) is 4.01. The maximum atomic E-state index is 7.48. The summed E-state index contributed by atoms with van der Waals surface area (Å²) in [4.78, 5) is 11.6. The average Bonchev–Trinajstić information content (AvgIpc) is 2.74. The first-order chi connectivity index (χ1) is 9.00.